The van der Waals surface area contributed by atoms with Gasteiger partial charge in [-0.25, -0.2) is 0 Å². The van der Waals surface area contributed by atoms with Gasteiger partial charge >= 0.3 is 0 Å². The van der Waals surface area contributed by atoms with Gasteiger partial charge < -0.3 is 5.32 Å². The molecule has 0 bridgehead atoms. The summed E-state index contributed by atoms with van der Waals surface area (Å²) in [6.45, 7) is 4.81. The number of fused-ring (bicyclic) bond motifs is 1. The lowest BCUT2D eigenvalue weighted by Crippen LogP contribution is -2.01. The van der Waals surface area contributed by atoms with Gasteiger partial charge in [0, 0.05) is 22.6 Å². The van der Waals surface area contributed by atoms with E-state index in [4.69, 9.17) is 5.26 Å². The van der Waals surface area contributed by atoms with Crippen LogP contribution in [0.15, 0.2) is 22.8 Å². The van der Waals surface area contributed by atoms with E-state index in [9.17, 15) is 0 Å². The Balaban J connectivity index is 2.82. The van der Waals surface area contributed by atoms with Crippen LogP contribution < -0.4 is 5.32 Å². The van der Waals surface area contributed by atoms with Crippen molar-refractivity contribution in [3.8, 4) is 6.07 Å². The van der Waals surface area contributed by atoms with Crippen LogP contribution in [0.5, 0.6) is 0 Å². The summed E-state index contributed by atoms with van der Waals surface area (Å²) >= 11 is 3.49. The van der Waals surface area contributed by atoms with Crippen LogP contribution in [0.25, 0.3) is 10.9 Å². The molecule has 0 aliphatic heterocycles. The van der Waals surface area contributed by atoms with Crippen LogP contribution in [0, 0.1) is 18.3 Å². The largest absolute Gasteiger partial charge is 0.384 e. The molecule has 3 nitrogen and oxygen atoms in total. The molecule has 4 heteroatoms. The van der Waals surface area contributed by atoms with Gasteiger partial charge in [-0.2, -0.15) is 5.26 Å². The minimum Gasteiger partial charge on any atom is -0.384 e. The summed E-state index contributed by atoms with van der Waals surface area (Å²) in [5, 5.41) is 13.3. The number of halogens is 1. The summed E-state index contributed by atoms with van der Waals surface area (Å²) in [4.78, 5) is 4.36. The molecule has 0 saturated carbocycles. The van der Waals surface area contributed by atoms with Crippen molar-refractivity contribution in [3.63, 3.8) is 0 Å². The summed E-state index contributed by atoms with van der Waals surface area (Å²) in [6.07, 6.45) is 1.62. The Kier molecular flexibility index (Phi) is 3.30. The molecule has 1 heterocycles. The Hall–Kier alpha value is -1.60. The van der Waals surface area contributed by atoms with Crippen LogP contribution in [0.3, 0.4) is 0 Å². The SMILES string of the molecule is CCNc1c(C#N)cnc2c(C)c(Br)ccc12. The fourth-order valence-corrected chi connectivity index (χ4v) is 2.15. The average molecular weight is 290 g/mol. The maximum absolute atomic E-state index is 9.09. The number of hydrogen-bond donors (Lipinski definition) is 1. The van der Waals surface area contributed by atoms with Crippen LogP contribution in [-0.4, -0.2) is 11.5 Å². The van der Waals surface area contributed by atoms with Crippen molar-refractivity contribution in [2.75, 3.05) is 11.9 Å². The Morgan fingerprint density at radius 2 is 2.24 bits per heavy atom. The standard InChI is InChI=1S/C13H12BrN3/c1-3-16-13-9(6-15)7-17-12-8(2)11(14)5-4-10(12)13/h4-5,7H,3H2,1-2H3,(H,16,17). The number of hydrogen-bond acceptors (Lipinski definition) is 3. The Bertz CT molecular complexity index is 614. The van der Waals surface area contributed by atoms with Gasteiger partial charge in [0.25, 0.3) is 0 Å². The first-order valence-electron chi connectivity index (χ1n) is 5.40. The van der Waals surface area contributed by atoms with E-state index in [2.05, 4.69) is 32.3 Å². The molecule has 86 valence electrons. The highest BCUT2D eigenvalue weighted by atomic mass is 79.9. The summed E-state index contributed by atoms with van der Waals surface area (Å²) in [6, 6.07) is 6.14. The number of aromatic nitrogens is 1. The molecule has 1 aromatic heterocycles. The number of benzene rings is 1. The molecule has 0 saturated heterocycles. The first kappa shape index (κ1) is 11.9. The number of anilines is 1. The number of nitriles is 1. The fourth-order valence-electron chi connectivity index (χ4n) is 1.83. The normalized spacial score (nSPS) is 10.2. The second kappa shape index (κ2) is 4.72. The van der Waals surface area contributed by atoms with E-state index < -0.39 is 0 Å². The predicted molar refractivity (Wildman–Crippen MR) is 73.1 cm³/mol. The van der Waals surface area contributed by atoms with Crippen molar-refractivity contribution in [2.24, 2.45) is 0 Å². The van der Waals surface area contributed by atoms with Gasteiger partial charge in [0.05, 0.1) is 16.8 Å². The molecule has 1 N–H and O–H groups in total. The van der Waals surface area contributed by atoms with Crippen LogP contribution in [-0.2, 0) is 0 Å². The lowest BCUT2D eigenvalue weighted by molar-refractivity contribution is 1.20. The molecule has 0 amide bonds. The van der Waals surface area contributed by atoms with E-state index in [0.29, 0.717) is 5.56 Å². The van der Waals surface area contributed by atoms with Gasteiger partial charge in [0.1, 0.15) is 6.07 Å². The first-order chi connectivity index (χ1) is 8.19. The van der Waals surface area contributed by atoms with Gasteiger partial charge in [0.15, 0.2) is 0 Å². The number of nitrogens with zero attached hydrogens (tertiary/aromatic N) is 2. The van der Waals surface area contributed by atoms with Gasteiger partial charge in [0.2, 0.25) is 0 Å². The van der Waals surface area contributed by atoms with E-state index >= 15 is 0 Å². The highest BCUT2D eigenvalue weighted by Gasteiger charge is 2.10. The number of rotatable bonds is 2. The lowest BCUT2D eigenvalue weighted by Gasteiger charge is -2.11. The Morgan fingerprint density at radius 1 is 1.47 bits per heavy atom. The molecule has 0 spiro atoms. The van der Waals surface area contributed by atoms with Crippen molar-refractivity contribution in [3.05, 3.63) is 33.9 Å². The van der Waals surface area contributed by atoms with Gasteiger partial charge in [-0.3, -0.25) is 4.98 Å². The fraction of sp³-hybridized carbons (Fsp3) is 0.231. The van der Waals surface area contributed by atoms with Gasteiger partial charge in [-0.05, 0) is 31.5 Å². The topological polar surface area (TPSA) is 48.7 Å². The highest BCUT2D eigenvalue weighted by Crippen LogP contribution is 2.30. The van der Waals surface area contributed by atoms with E-state index in [0.717, 1.165) is 33.2 Å². The van der Waals surface area contributed by atoms with Crippen LogP contribution in [0.2, 0.25) is 0 Å². The third-order valence-corrected chi connectivity index (χ3v) is 3.56. The number of nitrogens with one attached hydrogen (secondary N) is 1. The average Bonchev–Trinajstić information content (AvgIpc) is 2.34. The summed E-state index contributed by atoms with van der Waals surface area (Å²) in [5.74, 6) is 0. The molecule has 0 aliphatic carbocycles. The van der Waals surface area contributed by atoms with Crippen molar-refractivity contribution < 1.29 is 0 Å². The molecule has 17 heavy (non-hydrogen) atoms. The molecule has 0 unspecified atom stereocenters. The van der Waals surface area contributed by atoms with E-state index in [1.807, 2.05) is 26.0 Å². The van der Waals surface area contributed by atoms with Crippen LogP contribution in [0.1, 0.15) is 18.1 Å². The molecular formula is C13H12BrN3. The molecule has 2 aromatic rings. The van der Waals surface area contributed by atoms with E-state index in [1.165, 1.54) is 0 Å². The molecule has 2 rings (SSSR count). The summed E-state index contributed by atoms with van der Waals surface area (Å²) in [7, 11) is 0. The molecule has 0 aliphatic rings. The molecule has 1 aromatic carbocycles. The second-order valence-corrected chi connectivity index (χ2v) is 4.61. The number of aryl methyl sites for hydroxylation is 1. The molecular weight excluding hydrogens is 278 g/mol. The Labute approximate surface area is 109 Å². The van der Waals surface area contributed by atoms with Crippen molar-refractivity contribution in [2.45, 2.75) is 13.8 Å². The third kappa shape index (κ3) is 1.98. The maximum Gasteiger partial charge on any atom is 0.103 e. The van der Waals surface area contributed by atoms with Crippen LogP contribution >= 0.6 is 15.9 Å². The predicted octanol–water partition coefficient (Wildman–Crippen LogP) is 3.61. The first-order valence-corrected chi connectivity index (χ1v) is 6.20. The maximum atomic E-state index is 9.09. The van der Waals surface area contributed by atoms with Crippen molar-refractivity contribution in [1.82, 2.24) is 4.98 Å². The number of pyridine rings is 1. The monoisotopic (exact) mass is 289 g/mol. The molecule has 0 radical (unpaired) electrons. The summed E-state index contributed by atoms with van der Waals surface area (Å²) in [5.41, 5.74) is 3.47. The quantitative estimate of drug-likeness (QED) is 0.919. The molecule has 0 fully saturated rings. The minimum absolute atomic E-state index is 0.584. The Morgan fingerprint density at radius 3 is 2.88 bits per heavy atom. The third-order valence-electron chi connectivity index (χ3n) is 2.70. The van der Waals surface area contributed by atoms with Crippen molar-refractivity contribution in [1.29, 1.82) is 5.26 Å². The minimum atomic E-state index is 0.584. The zero-order chi connectivity index (χ0) is 12.4. The van der Waals surface area contributed by atoms with Gasteiger partial charge in [-0.15, -0.1) is 0 Å². The van der Waals surface area contributed by atoms with Crippen LogP contribution in [0.4, 0.5) is 5.69 Å². The smallest absolute Gasteiger partial charge is 0.103 e. The zero-order valence-electron chi connectivity index (χ0n) is 9.71. The highest BCUT2D eigenvalue weighted by molar-refractivity contribution is 9.10. The second-order valence-electron chi connectivity index (χ2n) is 3.76. The van der Waals surface area contributed by atoms with E-state index in [1.54, 1.807) is 6.20 Å². The van der Waals surface area contributed by atoms with Crippen molar-refractivity contribution >= 4 is 32.5 Å². The summed E-state index contributed by atoms with van der Waals surface area (Å²) < 4.78 is 1.03. The van der Waals surface area contributed by atoms with Gasteiger partial charge in [-0.1, -0.05) is 15.9 Å². The lowest BCUT2D eigenvalue weighted by atomic mass is 10.1. The molecule has 0 atom stereocenters. The van der Waals surface area contributed by atoms with E-state index in [-0.39, 0.29) is 0 Å². The zero-order valence-corrected chi connectivity index (χ0v) is 11.3.